The molecule has 1 aromatic carbocycles. The van der Waals surface area contributed by atoms with Crippen LogP contribution in [0.2, 0.25) is 5.02 Å². The molecule has 0 spiro atoms. The minimum absolute atomic E-state index is 0.266. The Bertz CT molecular complexity index is 582. The molecule has 0 saturated carbocycles. The first-order valence-electron chi connectivity index (χ1n) is 6.94. The number of halogens is 1. The molecule has 0 bridgehead atoms. The number of benzene rings is 1. The number of nitrogens with one attached hydrogen (secondary N) is 2. The number of rotatable bonds is 8. The molecule has 3 N–H and O–H groups in total. The molecule has 23 heavy (non-hydrogen) atoms. The Morgan fingerprint density at radius 2 is 1.91 bits per heavy atom. The van der Waals surface area contributed by atoms with E-state index in [0.717, 1.165) is 0 Å². The van der Waals surface area contributed by atoms with Crippen molar-refractivity contribution >= 4 is 41.1 Å². The van der Waals surface area contributed by atoms with E-state index in [1.807, 2.05) is 6.26 Å². The predicted octanol–water partition coefficient (Wildman–Crippen LogP) is 1.78. The molecule has 0 saturated heterocycles. The lowest BCUT2D eigenvalue weighted by Crippen LogP contribution is -2.51. The molecule has 1 rings (SSSR count). The molecule has 0 aliphatic heterocycles. The molecular weight excluding hydrogens is 340 g/mol. The van der Waals surface area contributed by atoms with Crippen LogP contribution < -0.4 is 10.6 Å². The van der Waals surface area contributed by atoms with Crippen LogP contribution in [0, 0.1) is 0 Å². The maximum absolute atomic E-state index is 12.3. The number of amides is 2. The van der Waals surface area contributed by atoms with E-state index in [1.165, 1.54) is 18.7 Å². The third kappa shape index (κ3) is 6.11. The second-order valence-corrected chi connectivity index (χ2v) is 6.25. The Morgan fingerprint density at radius 3 is 2.48 bits per heavy atom. The van der Waals surface area contributed by atoms with Gasteiger partial charge in [-0.2, -0.15) is 11.8 Å². The highest BCUT2D eigenvalue weighted by atomic mass is 35.5. The highest BCUT2D eigenvalue weighted by Crippen LogP contribution is 2.15. The van der Waals surface area contributed by atoms with Gasteiger partial charge in [-0.05, 0) is 37.5 Å². The molecule has 0 heterocycles. The Hall–Kier alpha value is -1.73. The number of hydrogen-bond acceptors (Lipinski definition) is 4. The third-order valence-corrected chi connectivity index (χ3v) is 4.05. The van der Waals surface area contributed by atoms with E-state index in [2.05, 4.69) is 10.6 Å². The van der Waals surface area contributed by atoms with Crippen LogP contribution in [-0.4, -0.2) is 47.0 Å². The van der Waals surface area contributed by atoms with E-state index < -0.39 is 29.9 Å². The zero-order valence-electron chi connectivity index (χ0n) is 12.8. The summed E-state index contributed by atoms with van der Waals surface area (Å²) in [5, 5.41) is 14.1. The van der Waals surface area contributed by atoms with Crippen LogP contribution in [0.15, 0.2) is 24.3 Å². The van der Waals surface area contributed by atoms with Crippen LogP contribution in [0.3, 0.4) is 0 Å². The monoisotopic (exact) mass is 358 g/mol. The highest BCUT2D eigenvalue weighted by molar-refractivity contribution is 7.98. The summed E-state index contributed by atoms with van der Waals surface area (Å²) in [4.78, 5) is 35.3. The smallest absolute Gasteiger partial charge is 0.325 e. The van der Waals surface area contributed by atoms with Gasteiger partial charge < -0.3 is 15.7 Å². The molecule has 0 aromatic heterocycles. The van der Waals surface area contributed by atoms with Gasteiger partial charge in [0.05, 0.1) is 10.6 Å². The summed E-state index contributed by atoms with van der Waals surface area (Å²) >= 11 is 7.49. The van der Waals surface area contributed by atoms with Gasteiger partial charge in [0.15, 0.2) is 0 Å². The number of aliphatic carboxylic acids is 1. The summed E-state index contributed by atoms with van der Waals surface area (Å²) in [6, 6.07) is 4.65. The van der Waals surface area contributed by atoms with Crippen molar-refractivity contribution in [1.82, 2.24) is 10.6 Å². The van der Waals surface area contributed by atoms with Gasteiger partial charge in [0.2, 0.25) is 5.91 Å². The lowest BCUT2D eigenvalue weighted by molar-refractivity contribution is -0.141. The van der Waals surface area contributed by atoms with E-state index in [4.69, 9.17) is 16.7 Å². The average Bonchev–Trinajstić information content (AvgIpc) is 2.51. The highest BCUT2D eigenvalue weighted by Gasteiger charge is 2.24. The minimum Gasteiger partial charge on any atom is -0.480 e. The number of carbonyl (C=O) groups is 3. The average molecular weight is 359 g/mol. The van der Waals surface area contributed by atoms with Gasteiger partial charge in [-0.1, -0.05) is 23.7 Å². The molecule has 0 radical (unpaired) electrons. The van der Waals surface area contributed by atoms with Gasteiger partial charge in [-0.15, -0.1) is 0 Å². The number of thioether (sulfide) groups is 1. The maximum atomic E-state index is 12.3. The van der Waals surface area contributed by atoms with E-state index in [-0.39, 0.29) is 10.6 Å². The summed E-state index contributed by atoms with van der Waals surface area (Å²) in [7, 11) is 0. The van der Waals surface area contributed by atoms with Gasteiger partial charge in [0.1, 0.15) is 12.1 Å². The number of carbonyl (C=O) groups excluding carboxylic acids is 2. The van der Waals surface area contributed by atoms with Gasteiger partial charge in [-0.3, -0.25) is 14.4 Å². The van der Waals surface area contributed by atoms with Crippen molar-refractivity contribution in [3.63, 3.8) is 0 Å². The van der Waals surface area contributed by atoms with Crippen molar-refractivity contribution in [2.24, 2.45) is 0 Å². The normalized spacial score (nSPS) is 13.0. The van der Waals surface area contributed by atoms with Crippen molar-refractivity contribution in [2.45, 2.75) is 25.4 Å². The van der Waals surface area contributed by atoms with Crippen LogP contribution in [0.1, 0.15) is 23.7 Å². The van der Waals surface area contributed by atoms with E-state index in [9.17, 15) is 14.4 Å². The van der Waals surface area contributed by atoms with Crippen LogP contribution in [-0.2, 0) is 9.59 Å². The van der Waals surface area contributed by atoms with E-state index >= 15 is 0 Å². The molecule has 2 atom stereocenters. The molecule has 0 aliphatic rings. The Labute approximate surface area is 144 Å². The molecule has 1 unspecified atom stereocenters. The summed E-state index contributed by atoms with van der Waals surface area (Å²) in [5.41, 5.74) is 0.266. The van der Waals surface area contributed by atoms with E-state index in [1.54, 1.807) is 24.3 Å². The molecule has 126 valence electrons. The minimum atomic E-state index is -1.14. The molecular formula is C15H19ClN2O4S. The van der Waals surface area contributed by atoms with Gasteiger partial charge >= 0.3 is 5.97 Å². The maximum Gasteiger partial charge on any atom is 0.325 e. The zero-order chi connectivity index (χ0) is 17.4. The SMILES string of the molecule is CSCCC(NC(=O)c1ccccc1Cl)C(=O)N[C@@H](C)C(=O)O. The van der Waals surface area contributed by atoms with Crippen LogP contribution in [0.25, 0.3) is 0 Å². The van der Waals surface area contributed by atoms with Gasteiger partial charge in [-0.25, -0.2) is 0 Å². The van der Waals surface area contributed by atoms with Crippen molar-refractivity contribution < 1.29 is 19.5 Å². The summed E-state index contributed by atoms with van der Waals surface area (Å²) < 4.78 is 0. The fraction of sp³-hybridized carbons (Fsp3) is 0.400. The molecule has 6 nitrogen and oxygen atoms in total. The number of hydrogen-bond donors (Lipinski definition) is 3. The predicted molar refractivity (Wildman–Crippen MR) is 90.9 cm³/mol. The zero-order valence-corrected chi connectivity index (χ0v) is 14.4. The number of carboxylic acids is 1. The summed E-state index contributed by atoms with van der Waals surface area (Å²) in [6.07, 6.45) is 2.26. The van der Waals surface area contributed by atoms with Crippen LogP contribution >= 0.6 is 23.4 Å². The third-order valence-electron chi connectivity index (χ3n) is 3.08. The summed E-state index contributed by atoms with van der Waals surface area (Å²) in [6.45, 7) is 1.36. The lowest BCUT2D eigenvalue weighted by Gasteiger charge is -2.20. The Kier molecular flexibility index (Phi) is 7.91. The van der Waals surface area contributed by atoms with E-state index in [0.29, 0.717) is 12.2 Å². The largest absolute Gasteiger partial charge is 0.480 e. The molecule has 0 aliphatic carbocycles. The fourth-order valence-corrected chi connectivity index (χ4v) is 2.45. The lowest BCUT2D eigenvalue weighted by atomic mass is 10.1. The first-order chi connectivity index (χ1) is 10.9. The van der Waals surface area contributed by atoms with Crippen molar-refractivity contribution in [3.8, 4) is 0 Å². The quantitative estimate of drug-likeness (QED) is 0.658. The second-order valence-electron chi connectivity index (χ2n) is 4.86. The van der Waals surface area contributed by atoms with Gasteiger partial charge in [0.25, 0.3) is 5.91 Å². The number of carboxylic acid groups (broad SMARTS) is 1. The van der Waals surface area contributed by atoms with Gasteiger partial charge in [0, 0.05) is 0 Å². The van der Waals surface area contributed by atoms with Crippen molar-refractivity contribution in [2.75, 3.05) is 12.0 Å². The standard InChI is InChI=1S/C15H19ClN2O4S/c1-9(15(21)22)17-14(20)12(7-8-23-2)18-13(19)10-5-3-4-6-11(10)16/h3-6,9,12H,7-8H2,1-2H3,(H,17,20)(H,18,19)(H,21,22)/t9-,12?/m0/s1. The molecule has 2 amide bonds. The Morgan fingerprint density at radius 1 is 1.26 bits per heavy atom. The summed E-state index contributed by atoms with van der Waals surface area (Å²) in [5.74, 6) is -1.50. The van der Waals surface area contributed by atoms with Crippen molar-refractivity contribution in [1.29, 1.82) is 0 Å². The van der Waals surface area contributed by atoms with Crippen molar-refractivity contribution in [3.05, 3.63) is 34.9 Å². The topological polar surface area (TPSA) is 95.5 Å². The second kappa shape index (κ2) is 9.42. The molecule has 1 aromatic rings. The van der Waals surface area contributed by atoms with Crippen LogP contribution in [0.4, 0.5) is 0 Å². The fourth-order valence-electron chi connectivity index (χ4n) is 1.76. The molecule has 0 fully saturated rings. The first kappa shape index (κ1) is 19.3. The van der Waals surface area contributed by atoms with Crippen LogP contribution in [0.5, 0.6) is 0 Å². The first-order valence-corrected chi connectivity index (χ1v) is 8.71. The Balaban J connectivity index is 2.81. The molecule has 8 heteroatoms.